The van der Waals surface area contributed by atoms with Gasteiger partial charge in [-0.25, -0.2) is 4.98 Å². The van der Waals surface area contributed by atoms with Gasteiger partial charge in [0.05, 0.1) is 5.01 Å². The lowest BCUT2D eigenvalue weighted by Crippen LogP contribution is -2.35. The highest BCUT2D eigenvalue weighted by atomic mass is 32.1. The van der Waals surface area contributed by atoms with Crippen LogP contribution in [0, 0.1) is 5.92 Å². The average molecular weight is 238 g/mol. The van der Waals surface area contributed by atoms with Crippen molar-refractivity contribution in [1.82, 2.24) is 10.3 Å². The second-order valence-electron chi connectivity index (χ2n) is 4.77. The molecule has 1 aromatic rings. The maximum absolute atomic E-state index is 4.31. The molecule has 0 bridgehead atoms. The Hall–Kier alpha value is -0.410. The Morgan fingerprint density at radius 3 is 3.19 bits per heavy atom. The number of nitrogens with zero attached hydrogens (tertiary/aromatic N) is 1. The first-order valence-corrected chi connectivity index (χ1v) is 7.38. The maximum Gasteiger partial charge on any atom is 0.0937 e. The topological polar surface area (TPSA) is 24.9 Å². The van der Waals surface area contributed by atoms with E-state index in [1.54, 1.807) is 11.3 Å². The molecule has 2 atom stereocenters. The van der Waals surface area contributed by atoms with Gasteiger partial charge in [-0.15, -0.1) is 11.3 Å². The van der Waals surface area contributed by atoms with Crippen LogP contribution in [0.5, 0.6) is 0 Å². The molecule has 16 heavy (non-hydrogen) atoms. The van der Waals surface area contributed by atoms with Crippen LogP contribution in [0.3, 0.4) is 0 Å². The molecular weight excluding hydrogens is 216 g/mol. The summed E-state index contributed by atoms with van der Waals surface area (Å²) in [7, 11) is 0. The van der Waals surface area contributed by atoms with Crippen molar-refractivity contribution in [2.75, 3.05) is 6.54 Å². The maximum atomic E-state index is 4.31. The van der Waals surface area contributed by atoms with Crippen LogP contribution in [0.4, 0.5) is 0 Å². The monoisotopic (exact) mass is 238 g/mol. The van der Waals surface area contributed by atoms with E-state index >= 15 is 0 Å². The molecule has 3 heteroatoms. The summed E-state index contributed by atoms with van der Waals surface area (Å²) in [6.45, 7) is 3.41. The van der Waals surface area contributed by atoms with E-state index in [1.165, 1.54) is 37.1 Å². The van der Waals surface area contributed by atoms with Crippen molar-refractivity contribution in [1.29, 1.82) is 0 Å². The van der Waals surface area contributed by atoms with Gasteiger partial charge in [0.2, 0.25) is 0 Å². The van der Waals surface area contributed by atoms with Gasteiger partial charge in [-0.05, 0) is 18.8 Å². The van der Waals surface area contributed by atoms with Gasteiger partial charge in [0, 0.05) is 30.6 Å². The van der Waals surface area contributed by atoms with E-state index in [-0.39, 0.29) is 0 Å². The Morgan fingerprint density at radius 2 is 2.44 bits per heavy atom. The second kappa shape index (κ2) is 6.36. The lowest BCUT2D eigenvalue weighted by molar-refractivity contribution is 0.280. The molecule has 2 rings (SSSR count). The lowest BCUT2D eigenvalue weighted by atomic mass is 9.84. The van der Waals surface area contributed by atoms with Crippen molar-refractivity contribution in [3.8, 4) is 0 Å². The molecule has 1 heterocycles. The van der Waals surface area contributed by atoms with E-state index in [2.05, 4.69) is 22.6 Å². The van der Waals surface area contributed by atoms with Gasteiger partial charge < -0.3 is 5.32 Å². The fourth-order valence-corrected chi connectivity index (χ4v) is 3.23. The summed E-state index contributed by atoms with van der Waals surface area (Å²) in [6.07, 6.45) is 9.95. The molecule has 0 aliphatic heterocycles. The van der Waals surface area contributed by atoms with Crippen LogP contribution in [0.15, 0.2) is 11.6 Å². The lowest BCUT2D eigenvalue weighted by Gasteiger charge is -2.29. The SMILES string of the molecule is CCC1CCCC(NCCc2nccs2)C1. The van der Waals surface area contributed by atoms with Crippen molar-refractivity contribution < 1.29 is 0 Å². The fourth-order valence-electron chi connectivity index (χ4n) is 2.61. The Bertz CT molecular complexity index is 284. The molecule has 0 saturated heterocycles. The third-order valence-electron chi connectivity index (χ3n) is 3.62. The zero-order valence-corrected chi connectivity index (χ0v) is 10.9. The van der Waals surface area contributed by atoms with Crippen LogP contribution in [0.25, 0.3) is 0 Å². The largest absolute Gasteiger partial charge is 0.314 e. The minimum Gasteiger partial charge on any atom is -0.314 e. The first-order chi connectivity index (χ1) is 7.88. The summed E-state index contributed by atoms with van der Waals surface area (Å²) in [5.74, 6) is 0.964. The third kappa shape index (κ3) is 3.56. The smallest absolute Gasteiger partial charge is 0.0937 e. The molecule has 2 nitrogen and oxygen atoms in total. The average Bonchev–Trinajstić information content (AvgIpc) is 2.82. The zero-order valence-electron chi connectivity index (χ0n) is 10.1. The number of nitrogens with one attached hydrogen (secondary N) is 1. The van der Waals surface area contributed by atoms with E-state index in [0.717, 1.165) is 24.9 Å². The molecule has 1 aromatic heterocycles. The molecule has 0 aromatic carbocycles. The number of hydrogen-bond acceptors (Lipinski definition) is 3. The van der Waals surface area contributed by atoms with Crippen molar-refractivity contribution in [2.24, 2.45) is 5.92 Å². The van der Waals surface area contributed by atoms with E-state index in [1.807, 2.05) is 6.20 Å². The fraction of sp³-hybridized carbons (Fsp3) is 0.769. The standard InChI is InChI=1S/C13H22N2S/c1-2-11-4-3-5-12(10-11)14-7-6-13-15-8-9-16-13/h8-9,11-12,14H,2-7,10H2,1H3. The van der Waals surface area contributed by atoms with Gasteiger partial charge >= 0.3 is 0 Å². The molecule has 0 amide bonds. The number of hydrogen-bond donors (Lipinski definition) is 1. The minimum absolute atomic E-state index is 0.763. The van der Waals surface area contributed by atoms with Gasteiger partial charge in [0.15, 0.2) is 0 Å². The van der Waals surface area contributed by atoms with Crippen molar-refractivity contribution >= 4 is 11.3 Å². The first-order valence-electron chi connectivity index (χ1n) is 6.50. The summed E-state index contributed by atoms with van der Waals surface area (Å²) in [5.41, 5.74) is 0. The number of rotatable bonds is 5. The molecular formula is C13H22N2S. The van der Waals surface area contributed by atoms with Crippen molar-refractivity contribution in [2.45, 2.75) is 51.5 Å². The van der Waals surface area contributed by atoms with Crippen LogP contribution >= 0.6 is 11.3 Å². The molecule has 1 saturated carbocycles. The molecule has 0 radical (unpaired) electrons. The minimum atomic E-state index is 0.763. The van der Waals surface area contributed by atoms with Crippen LogP contribution in [0.2, 0.25) is 0 Å². The Labute approximate surface area is 102 Å². The first kappa shape index (κ1) is 12.1. The van der Waals surface area contributed by atoms with E-state index in [0.29, 0.717) is 0 Å². The molecule has 2 unspecified atom stereocenters. The van der Waals surface area contributed by atoms with E-state index in [9.17, 15) is 0 Å². The van der Waals surface area contributed by atoms with Gasteiger partial charge in [0.1, 0.15) is 0 Å². The van der Waals surface area contributed by atoms with E-state index in [4.69, 9.17) is 0 Å². The normalized spacial score (nSPS) is 25.8. The zero-order chi connectivity index (χ0) is 11.2. The Morgan fingerprint density at radius 1 is 1.50 bits per heavy atom. The van der Waals surface area contributed by atoms with Gasteiger partial charge in [-0.1, -0.05) is 26.2 Å². The van der Waals surface area contributed by atoms with Gasteiger partial charge in [-0.2, -0.15) is 0 Å². The van der Waals surface area contributed by atoms with Crippen LogP contribution in [0.1, 0.15) is 44.0 Å². The highest BCUT2D eigenvalue weighted by molar-refractivity contribution is 7.09. The predicted octanol–water partition coefficient (Wildman–Crippen LogP) is 3.24. The highest BCUT2D eigenvalue weighted by Gasteiger charge is 2.19. The summed E-state index contributed by atoms with van der Waals surface area (Å²) < 4.78 is 0. The van der Waals surface area contributed by atoms with Gasteiger partial charge in [-0.3, -0.25) is 0 Å². The molecule has 90 valence electrons. The van der Waals surface area contributed by atoms with Crippen molar-refractivity contribution in [3.63, 3.8) is 0 Å². The Kier molecular flexibility index (Phi) is 4.79. The van der Waals surface area contributed by atoms with Crippen molar-refractivity contribution in [3.05, 3.63) is 16.6 Å². The summed E-state index contributed by atoms with van der Waals surface area (Å²) >= 11 is 1.76. The Balaban J connectivity index is 1.65. The molecule has 1 aliphatic carbocycles. The summed E-state index contributed by atoms with van der Waals surface area (Å²) in [6, 6.07) is 0.763. The summed E-state index contributed by atoms with van der Waals surface area (Å²) in [4.78, 5) is 4.31. The molecule has 1 aliphatic rings. The number of aromatic nitrogens is 1. The molecule has 1 fully saturated rings. The number of thiazole rings is 1. The summed E-state index contributed by atoms with van der Waals surface area (Å²) in [5, 5.41) is 7.01. The van der Waals surface area contributed by atoms with Gasteiger partial charge in [0.25, 0.3) is 0 Å². The quantitative estimate of drug-likeness (QED) is 0.852. The molecule has 1 N–H and O–H groups in total. The van der Waals surface area contributed by atoms with Crippen LogP contribution in [-0.2, 0) is 6.42 Å². The van der Waals surface area contributed by atoms with Crippen LogP contribution < -0.4 is 5.32 Å². The third-order valence-corrected chi connectivity index (χ3v) is 4.45. The molecule has 0 spiro atoms. The van der Waals surface area contributed by atoms with E-state index < -0.39 is 0 Å². The predicted molar refractivity (Wildman–Crippen MR) is 69.9 cm³/mol. The second-order valence-corrected chi connectivity index (χ2v) is 5.75. The highest BCUT2D eigenvalue weighted by Crippen LogP contribution is 2.26. The van der Waals surface area contributed by atoms with Crippen LogP contribution in [-0.4, -0.2) is 17.6 Å².